The average Bonchev–Trinajstić information content (AvgIpc) is 3.00. The van der Waals surface area contributed by atoms with Crippen LogP contribution in [0.25, 0.3) is 0 Å². The summed E-state index contributed by atoms with van der Waals surface area (Å²) in [6.07, 6.45) is 6.84. The van der Waals surface area contributed by atoms with Crippen molar-refractivity contribution in [3.63, 3.8) is 0 Å². The Bertz CT molecular complexity index is 1020. The van der Waals surface area contributed by atoms with Crippen LogP contribution in [0.3, 0.4) is 0 Å². The predicted molar refractivity (Wildman–Crippen MR) is 116 cm³/mol. The van der Waals surface area contributed by atoms with Gasteiger partial charge in [0.1, 0.15) is 11.7 Å². The molecule has 0 radical (unpaired) electrons. The van der Waals surface area contributed by atoms with Crippen LogP contribution in [0, 0.1) is 5.92 Å². The molecule has 4 heterocycles. The van der Waals surface area contributed by atoms with Gasteiger partial charge in [-0.05, 0) is 39.7 Å². The van der Waals surface area contributed by atoms with Gasteiger partial charge in [-0.2, -0.15) is 10.1 Å². The van der Waals surface area contributed by atoms with Crippen LogP contribution in [0.5, 0.6) is 0 Å². The van der Waals surface area contributed by atoms with Crippen LogP contribution in [-0.4, -0.2) is 67.2 Å². The molecule has 2 aromatic rings. The van der Waals surface area contributed by atoms with Gasteiger partial charge in [0.25, 0.3) is 5.92 Å². The van der Waals surface area contributed by atoms with Crippen molar-refractivity contribution in [3.05, 3.63) is 24.7 Å². The molecule has 2 bridgehead atoms. The van der Waals surface area contributed by atoms with E-state index in [9.17, 15) is 13.6 Å². The van der Waals surface area contributed by atoms with E-state index >= 15 is 0 Å². The van der Waals surface area contributed by atoms with Crippen LogP contribution in [0.2, 0.25) is 0 Å². The smallest absolute Gasteiger partial charge is 0.260 e. The summed E-state index contributed by atoms with van der Waals surface area (Å²) in [6.45, 7) is 7.47. The van der Waals surface area contributed by atoms with E-state index in [2.05, 4.69) is 35.8 Å². The summed E-state index contributed by atoms with van der Waals surface area (Å²) >= 11 is 0. The molecule has 1 saturated carbocycles. The number of aryl methyl sites for hydroxylation is 1. The lowest BCUT2D eigenvalue weighted by molar-refractivity contribution is -0.138. The standard InChI is InChI=1S/C22H29F2N7O/c1-21(2,3)31(16-10-26-28(4)11-16)20-25-8-7-18(27-20)29-12-14-5-6-15(13-29)30(14)19(32)17-9-22(17,23)24/h7-8,10-11,14-15,17H,5-6,9,12-13H2,1-4H3/t14-,15+,17-/m0/s1. The molecule has 3 atom stereocenters. The van der Waals surface area contributed by atoms with E-state index in [4.69, 9.17) is 4.98 Å². The molecule has 0 spiro atoms. The zero-order valence-electron chi connectivity index (χ0n) is 18.9. The Balaban J connectivity index is 1.38. The highest BCUT2D eigenvalue weighted by molar-refractivity contribution is 5.84. The molecule has 3 fully saturated rings. The Labute approximate surface area is 186 Å². The summed E-state index contributed by atoms with van der Waals surface area (Å²) in [5.41, 5.74) is 0.624. The third-order valence-corrected chi connectivity index (χ3v) is 6.63. The van der Waals surface area contributed by atoms with Gasteiger partial charge in [-0.15, -0.1) is 0 Å². The minimum atomic E-state index is -2.82. The minimum absolute atomic E-state index is 0.0480. The van der Waals surface area contributed by atoms with E-state index < -0.39 is 11.8 Å². The van der Waals surface area contributed by atoms with Crippen molar-refractivity contribution in [2.45, 2.75) is 63.6 Å². The second kappa shape index (κ2) is 7.11. The van der Waals surface area contributed by atoms with Crippen LogP contribution in [0.15, 0.2) is 24.7 Å². The number of piperazine rings is 1. The van der Waals surface area contributed by atoms with Crippen LogP contribution in [-0.2, 0) is 11.8 Å². The molecular formula is C22H29F2N7O. The minimum Gasteiger partial charge on any atom is -0.352 e. The summed E-state index contributed by atoms with van der Waals surface area (Å²) in [6, 6.07) is 1.78. The Kier molecular flexibility index (Phi) is 4.69. The van der Waals surface area contributed by atoms with Gasteiger partial charge < -0.3 is 14.7 Å². The lowest BCUT2D eigenvalue weighted by Crippen LogP contribution is -2.56. The summed E-state index contributed by atoms with van der Waals surface area (Å²) < 4.78 is 28.7. The molecule has 2 saturated heterocycles. The highest BCUT2D eigenvalue weighted by Gasteiger charge is 2.64. The van der Waals surface area contributed by atoms with Gasteiger partial charge >= 0.3 is 0 Å². The third-order valence-electron chi connectivity index (χ3n) is 6.63. The number of anilines is 3. The van der Waals surface area contributed by atoms with Crippen LogP contribution in [0.1, 0.15) is 40.0 Å². The van der Waals surface area contributed by atoms with E-state index in [1.165, 1.54) is 0 Å². The number of aromatic nitrogens is 4. The van der Waals surface area contributed by atoms with Gasteiger partial charge in [0.15, 0.2) is 0 Å². The first-order valence-corrected chi connectivity index (χ1v) is 11.1. The number of fused-ring (bicyclic) bond motifs is 2. The first-order valence-electron chi connectivity index (χ1n) is 11.1. The second-order valence-electron chi connectivity index (χ2n) is 10.1. The molecule has 5 rings (SSSR count). The zero-order valence-corrected chi connectivity index (χ0v) is 18.9. The maximum absolute atomic E-state index is 13.5. The molecule has 0 aromatic carbocycles. The Morgan fingerprint density at radius 1 is 1.22 bits per heavy atom. The summed E-state index contributed by atoms with van der Waals surface area (Å²) in [5.74, 6) is -2.96. The summed E-state index contributed by atoms with van der Waals surface area (Å²) in [7, 11) is 1.87. The molecule has 0 N–H and O–H groups in total. The Morgan fingerprint density at radius 2 is 1.88 bits per heavy atom. The number of hydrogen-bond donors (Lipinski definition) is 0. The van der Waals surface area contributed by atoms with Crippen molar-refractivity contribution < 1.29 is 13.6 Å². The van der Waals surface area contributed by atoms with E-state index in [1.807, 2.05) is 24.2 Å². The van der Waals surface area contributed by atoms with Gasteiger partial charge in [0.2, 0.25) is 11.9 Å². The number of halogens is 2. The highest BCUT2D eigenvalue weighted by Crippen LogP contribution is 2.51. The van der Waals surface area contributed by atoms with Crippen molar-refractivity contribution in [1.29, 1.82) is 0 Å². The molecule has 32 heavy (non-hydrogen) atoms. The van der Waals surface area contributed by atoms with Crippen molar-refractivity contribution in [2.75, 3.05) is 22.9 Å². The molecule has 10 heteroatoms. The van der Waals surface area contributed by atoms with Crippen LogP contribution in [0.4, 0.5) is 26.2 Å². The summed E-state index contributed by atoms with van der Waals surface area (Å²) in [5, 5.41) is 4.29. The van der Waals surface area contributed by atoms with Crippen molar-refractivity contribution >= 4 is 23.4 Å². The second-order valence-corrected chi connectivity index (χ2v) is 10.1. The number of carbonyl (C=O) groups is 1. The van der Waals surface area contributed by atoms with Crippen molar-refractivity contribution in [2.24, 2.45) is 13.0 Å². The molecule has 172 valence electrons. The molecule has 2 aliphatic heterocycles. The normalized spacial score (nSPS) is 26.4. The fraction of sp³-hybridized carbons (Fsp3) is 0.636. The van der Waals surface area contributed by atoms with E-state index in [0.29, 0.717) is 19.0 Å². The first kappa shape index (κ1) is 21.1. The van der Waals surface area contributed by atoms with E-state index in [0.717, 1.165) is 24.3 Å². The molecule has 1 amide bonds. The zero-order chi connectivity index (χ0) is 22.8. The average molecular weight is 446 g/mol. The number of hydrogen-bond acceptors (Lipinski definition) is 6. The maximum Gasteiger partial charge on any atom is 0.260 e. The van der Waals surface area contributed by atoms with E-state index in [1.54, 1.807) is 22.0 Å². The number of carbonyl (C=O) groups excluding carboxylic acids is 1. The molecule has 1 aliphatic carbocycles. The quantitative estimate of drug-likeness (QED) is 0.721. The van der Waals surface area contributed by atoms with Gasteiger partial charge in [-0.1, -0.05) is 0 Å². The number of nitrogens with zero attached hydrogens (tertiary/aromatic N) is 7. The maximum atomic E-state index is 13.5. The number of amides is 1. The van der Waals surface area contributed by atoms with Crippen molar-refractivity contribution in [1.82, 2.24) is 24.6 Å². The third kappa shape index (κ3) is 3.59. The highest BCUT2D eigenvalue weighted by atomic mass is 19.3. The fourth-order valence-corrected chi connectivity index (χ4v) is 5.06. The van der Waals surface area contributed by atoms with Gasteiger partial charge in [0, 0.05) is 56.6 Å². The van der Waals surface area contributed by atoms with Crippen LogP contribution < -0.4 is 9.80 Å². The Hall–Kier alpha value is -2.78. The Morgan fingerprint density at radius 3 is 2.41 bits per heavy atom. The molecule has 2 aromatic heterocycles. The molecule has 3 aliphatic rings. The topological polar surface area (TPSA) is 70.4 Å². The van der Waals surface area contributed by atoms with E-state index in [-0.39, 0.29) is 30.0 Å². The largest absolute Gasteiger partial charge is 0.352 e. The predicted octanol–water partition coefficient (Wildman–Crippen LogP) is 2.98. The summed E-state index contributed by atoms with van der Waals surface area (Å²) in [4.78, 5) is 28.0. The van der Waals surface area contributed by atoms with Crippen LogP contribution >= 0.6 is 0 Å². The first-order chi connectivity index (χ1) is 15.0. The fourth-order valence-electron chi connectivity index (χ4n) is 5.06. The van der Waals surface area contributed by atoms with Gasteiger partial charge in [0.05, 0.1) is 11.9 Å². The van der Waals surface area contributed by atoms with Gasteiger partial charge in [-0.25, -0.2) is 13.8 Å². The molecule has 0 unspecified atom stereocenters. The lowest BCUT2D eigenvalue weighted by Gasteiger charge is -2.42. The number of rotatable bonds is 4. The van der Waals surface area contributed by atoms with Crippen molar-refractivity contribution in [3.8, 4) is 0 Å². The molecule has 8 nitrogen and oxygen atoms in total. The molecular weight excluding hydrogens is 416 g/mol. The monoisotopic (exact) mass is 445 g/mol. The number of alkyl halides is 2. The van der Waals surface area contributed by atoms with Gasteiger partial charge in [-0.3, -0.25) is 9.48 Å². The SMILES string of the molecule is Cn1cc(N(c2nccc(N3C[C@H]4CC[C@@H](C3)N4C(=O)[C@@H]3CC3(F)F)n2)C(C)(C)C)cn1. The lowest BCUT2D eigenvalue weighted by atomic mass is 10.1.